The van der Waals surface area contributed by atoms with Crippen molar-refractivity contribution in [3.05, 3.63) is 36.4 Å². The predicted molar refractivity (Wildman–Crippen MR) is 65.3 cm³/mol. The third-order valence-electron chi connectivity index (χ3n) is 2.04. The summed E-state index contributed by atoms with van der Waals surface area (Å²) in [6, 6.07) is 10.4. The van der Waals surface area contributed by atoms with Crippen LogP contribution in [0.25, 0.3) is 0 Å². The average molecular weight is 229 g/mol. The van der Waals surface area contributed by atoms with Crippen LogP contribution in [-0.2, 0) is 0 Å². The Bertz CT molecular complexity index is 530. The molecule has 2 aromatic rings. The van der Waals surface area contributed by atoms with E-state index in [0.717, 1.165) is 0 Å². The molecule has 0 bridgehead atoms. The third-order valence-corrected chi connectivity index (χ3v) is 2.04. The number of hydrogen-bond acceptors (Lipinski definition) is 6. The summed E-state index contributed by atoms with van der Waals surface area (Å²) in [6.07, 6.45) is 0. The van der Waals surface area contributed by atoms with Gasteiger partial charge in [-0.25, -0.2) is 4.98 Å². The number of nitrogen functional groups attached to an aromatic ring is 2. The molecule has 1 aromatic heterocycles. The van der Waals surface area contributed by atoms with Crippen molar-refractivity contribution in [3.8, 4) is 5.75 Å². The number of aromatic hydroxyl groups is 1. The van der Waals surface area contributed by atoms with Crippen LogP contribution in [0.2, 0.25) is 0 Å². The number of anilines is 2. The molecule has 2 rings (SSSR count). The summed E-state index contributed by atoms with van der Waals surface area (Å²) in [5.74, 6) is 0.0375. The third kappa shape index (κ3) is 2.49. The first-order chi connectivity index (χ1) is 8.16. The Labute approximate surface area is 97.6 Å². The lowest BCUT2D eigenvalue weighted by molar-refractivity contribution is 0.476. The van der Waals surface area contributed by atoms with E-state index in [9.17, 15) is 5.11 Å². The van der Waals surface area contributed by atoms with Crippen molar-refractivity contribution in [2.45, 2.75) is 0 Å². The number of pyridine rings is 1. The van der Waals surface area contributed by atoms with Gasteiger partial charge in [0.1, 0.15) is 5.82 Å². The molecule has 5 N–H and O–H groups in total. The van der Waals surface area contributed by atoms with Crippen molar-refractivity contribution in [1.29, 1.82) is 0 Å². The van der Waals surface area contributed by atoms with Crippen LogP contribution >= 0.6 is 0 Å². The fourth-order valence-corrected chi connectivity index (χ4v) is 1.27. The topological polar surface area (TPSA) is 110 Å². The Kier molecular flexibility index (Phi) is 2.87. The quantitative estimate of drug-likeness (QED) is 0.686. The largest absolute Gasteiger partial charge is 0.505 e. The van der Waals surface area contributed by atoms with Crippen LogP contribution in [0.4, 0.5) is 23.0 Å². The maximum atomic E-state index is 9.60. The molecule has 0 unspecified atom stereocenters. The highest BCUT2D eigenvalue weighted by molar-refractivity contribution is 5.68. The smallest absolute Gasteiger partial charge is 0.169 e. The van der Waals surface area contributed by atoms with Gasteiger partial charge in [0.2, 0.25) is 0 Å². The first kappa shape index (κ1) is 10.9. The molecule has 6 heteroatoms. The fourth-order valence-electron chi connectivity index (χ4n) is 1.27. The molecular weight excluding hydrogens is 218 g/mol. The Morgan fingerprint density at radius 2 is 1.76 bits per heavy atom. The summed E-state index contributed by atoms with van der Waals surface area (Å²) in [5, 5.41) is 17.4. The van der Waals surface area contributed by atoms with Crippen LogP contribution in [0.1, 0.15) is 0 Å². The lowest BCUT2D eigenvalue weighted by Gasteiger charge is -2.02. The standard InChI is InChI=1S/C11H11N5O/c12-9-6-8(17)10(11(13)14-9)16-15-7-4-2-1-3-5-7/h1-6H,(H5,12,13,14,17)/b16-15+. The van der Waals surface area contributed by atoms with E-state index in [1.54, 1.807) is 12.1 Å². The van der Waals surface area contributed by atoms with Gasteiger partial charge in [0, 0.05) is 6.07 Å². The van der Waals surface area contributed by atoms with E-state index in [4.69, 9.17) is 11.5 Å². The number of benzene rings is 1. The molecule has 0 aliphatic heterocycles. The summed E-state index contributed by atoms with van der Waals surface area (Å²) in [6.45, 7) is 0. The Morgan fingerprint density at radius 1 is 1.06 bits per heavy atom. The maximum absolute atomic E-state index is 9.60. The van der Waals surface area contributed by atoms with E-state index in [-0.39, 0.29) is 23.1 Å². The molecule has 0 radical (unpaired) electrons. The normalized spacial score (nSPS) is 10.8. The van der Waals surface area contributed by atoms with Crippen LogP contribution in [-0.4, -0.2) is 10.1 Å². The average Bonchev–Trinajstić information content (AvgIpc) is 2.29. The molecular formula is C11H11N5O. The van der Waals surface area contributed by atoms with Crippen LogP contribution in [0.15, 0.2) is 46.6 Å². The van der Waals surface area contributed by atoms with Gasteiger partial charge in [-0.1, -0.05) is 18.2 Å². The van der Waals surface area contributed by atoms with E-state index in [0.29, 0.717) is 5.69 Å². The Morgan fingerprint density at radius 3 is 2.41 bits per heavy atom. The molecule has 0 spiro atoms. The predicted octanol–water partition coefficient (Wildman–Crippen LogP) is 2.37. The Hall–Kier alpha value is -2.63. The number of nitrogens with zero attached hydrogens (tertiary/aromatic N) is 3. The number of nitrogens with two attached hydrogens (primary N) is 2. The summed E-state index contributed by atoms with van der Waals surface area (Å²) >= 11 is 0. The lowest BCUT2D eigenvalue weighted by Crippen LogP contribution is -1.95. The monoisotopic (exact) mass is 229 g/mol. The van der Waals surface area contributed by atoms with Crippen LogP contribution in [0.5, 0.6) is 5.75 Å². The number of azo groups is 1. The molecule has 0 fully saturated rings. The van der Waals surface area contributed by atoms with Crippen molar-refractivity contribution < 1.29 is 5.11 Å². The number of hydrogen-bond donors (Lipinski definition) is 3. The van der Waals surface area contributed by atoms with Gasteiger partial charge in [-0.2, -0.15) is 5.11 Å². The summed E-state index contributed by atoms with van der Waals surface area (Å²) in [4.78, 5) is 3.79. The van der Waals surface area contributed by atoms with Crippen molar-refractivity contribution >= 4 is 23.0 Å². The van der Waals surface area contributed by atoms with E-state index < -0.39 is 0 Å². The zero-order chi connectivity index (χ0) is 12.3. The van der Waals surface area contributed by atoms with E-state index in [2.05, 4.69) is 15.2 Å². The van der Waals surface area contributed by atoms with E-state index >= 15 is 0 Å². The first-order valence-corrected chi connectivity index (χ1v) is 4.88. The van der Waals surface area contributed by atoms with Gasteiger partial charge in [0.25, 0.3) is 0 Å². The molecule has 0 saturated heterocycles. The van der Waals surface area contributed by atoms with Gasteiger partial charge in [0.05, 0.1) is 5.69 Å². The van der Waals surface area contributed by atoms with Gasteiger partial charge < -0.3 is 16.6 Å². The van der Waals surface area contributed by atoms with Crippen molar-refractivity contribution in [1.82, 2.24) is 4.98 Å². The van der Waals surface area contributed by atoms with Crippen LogP contribution < -0.4 is 11.5 Å². The van der Waals surface area contributed by atoms with Gasteiger partial charge in [0.15, 0.2) is 17.3 Å². The van der Waals surface area contributed by atoms with Gasteiger partial charge >= 0.3 is 0 Å². The molecule has 0 aliphatic carbocycles. The molecule has 1 aromatic carbocycles. The summed E-state index contributed by atoms with van der Waals surface area (Å²) in [7, 11) is 0. The summed E-state index contributed by atoms with van der Waals surface area (Å²) in [5.41, 5.74) is 11.8. The zero-order valence-corrected chi connectivity index (χ0v) is 8.91. The van der Waals surface area contributed by atoms with Gasteiger partial charge in [-0.3, -0.25) is 0 Å². The van der Waals surface area contributed by atoms with E-state index in [1.807, 2.05) is 18.2 Å². The maximum Gasteiger partial charge on any atom is 0.169 e. The minimum Gasteiger partial charge on any atom is -0.505 e. The van der Waals surface area contributed by atoms with Gasteiger partial charge in [-0.05, 0) is 12.1 Å². The lowest BCUT2D eigenvalue weighted by atomic mass is 10.3. The molecule has 0 saturated carbocycles. The van der Waals surface area contributed by atoms with Crippen molar-refractivity contribution in [2.75, 3.05) is 11.5 Å². The molecule has 0 amide bonds. The SMILES string of the molecule is Nc1cc(O)c(/N=N/c2ccccc2)c(N)n1. The second-order valence-corrected chi connectivity index (χ2v) is 3.34. The molecule has 6 nitrogen and oxygen atoms in total. The molecule has 17 heavy (non-hydrogen) atoms. The second kappa shape index (κ2) is 4.48. The highest BCUT2D eigenvalue weighted by atomic mass is 16.3. The van der Waals surface area contributed by atoms with Gasteiger partial charge in [-0.15, -0.1) is 5.11 Å². The fraction of sp³-hybridized carbons (Fsp3) is 0. The molecule has 0 atom stereocenters. The minimum atomic E-state index is -0.144. The van der Waals surface area contributed by atoms with Crippen molar-refractivity contribution in [2.24, 2.45) is 10.2 Å². The molecule has 0 aliphatic rings. The highest BCUT2D eigenvalue weighted by Crippen LogP contribution is 2.33. The first-order valence-electron chi connectivity index (χ1n) is 4.88. The number of rotatable bonds is 2. The number of aromatic nitrogens is 1. The molecule has 1 heterocycles. The van der Waals surface area contributed by atoms with Crippen molar-refractivity contribution in [3.63, 3.8) is 0 Å². The summed E-state index contributed by atoms with van der Waals surface area (Å²) < 4.78 is 0. The molecule has 86 valence electrons. The highest BCUT2D eigenvalue weighted by Gasteiger charge is 2.07. The van der Waals surface area contributed by atoms with Crippen LogP contribution in [0.3, 0.4) is 0 Å². The Balaban J connectivity index is 2.34. The zero-order valence-electron chi connectivity index (χ0n) is 8.91. The minimum absolute atomic E-state index is 0.0437. The van der Waals surface area contributed by atoms with E-state index in [1.165, 1.54) is 6.07 Å². The van der Waals surface area contributed by atoms with Crippen LogP contribution in [0, 0.1) is 0 Å². The second-order valence-electron chi connectivity index (χ2n) is 3.34.